The lowest BCUT2D eigenvalue weighted by molar-refractivity contribution is 0.300. The number of aromatic nitrogens is 7. The van der Waals surface area contributed by atoms with E-state index >= 15 is 0 Å². The zero-order valence-corrected chi connectivity index (χ0v) is 18.5. The van der Waals surface area contributed by atoms with Gasteiger partial charge in [0.05, 0.1) is 22.8 Å². The number of imidazole rings is 1. The second kappa shape index (κ2) is 7.40. The Balaban J connectivity index is 1.47. The molecule has 0 saturated carbocycles. The van der Waals surface area contributed by atoms with E-state index in [2.05, 4.69) is 55.1 Å². The molecule has 164 valence electrons. The monoisotopic (exact) mass is 439 g/mol. The summed E-state index contributed by atoms with van der Waals surface area (Å²) in [7, 11) is 0. The summed E-state index contributed by atoms with van der Waals surface area (Å²) in [6, 6.07) is 14.2. The third-order valence-electron chi connectivity index (χ3n) is 5.80. The molecule has 1 aliphatic rings. The van der Waals surface area contributed by atoms with Crippen LogP contribution in [0.5, 0.6) is 5.75 Å². The second-order valence-electron chi connectivity index (χ2n) is 8.21. The van der Waals surface area contributed by atoms with Gasteiger partial charge >= 0.3 is 0 Å². The lowest BCUT2D eigenvalue weighted by atomic mass is 10.1. The van der Waals surface area contributed by atoms with Gasteiger partial charge in [0.25, 0.3) is 0 Å². The maximum atomic E-state index is 6.03. The zero-order valence-electron chi connectivity index (χ0n) is 18.5. The van der Waals surface area contributed by atoms with Crippen molar-refractivity contribution in [3.8, 4) is 28.6 Å². The van der Waals surface area contributed by atoms with Crippen LogP contribution in [0.4, 0.5) is 0 Å². The molecule has 0 aliphatic carbocycles. The van der Waals surface area contributed by atoms with Gasteiger partial charge in [-0.1, -0.05) is 34.1 Å². The van der Waals surface area contributed by atoms with Gasteiger partial charge in [-0.25, -0.2) is 9.67 Å². The molecule has 0 bridgehead atoms. The van der Waals surface area contributed by atoms with Crippen molar-refractivity contribution in [2.75, 3.05) is 0 Å². The minimum Gasteiger partial charge on any atom is -0.487 e. The molecule has 33 heavy (non-hydrogen) atoms. The van der Waals surface area contributed by atoms with Crippen LogP contribution in [0, 0.1) is 20.8 Å². The summed E-state index contributed by atoms with van der Waals surface area (Å²) in [6.07, 6.45) is 2.34. The summed E-state index contributed by atoms with van der Waals surface area (Å²) >= 11 is 0. The van der Waals surface area contributed by atoms with E-state index in [1.165, 1.54) is 5.56 Å². The predicted molar refractivity (Wildman–Crippen MR) is 120 cm³/mol. The standard InChI is InChI=1S/C24H21N7O2/c1-14-4-7-17(8-5-14)32-12-18-20-11-22-23(24-26-16(3)33-28-24)25-13-30(22)19-9-6-15(2)10-21(19)31(20)29-27-18/h4-10,13H,11-12H2,1-3H3. The predicted octanol–water partition coefficient (Wildman–Crippen LogP) is 3.91. The van der Waals surface area contributed by atoms with E-state index in [9.17, 15) is 0 Å². The van der Waals surface area contributed by atoms with Crippen LogP contribution in [0.15, 0.2) is 53.3 Å². The van der Waals surface area contributed by atoms with Gasteiger partial charge in [-0.3, -0.25) is 4.57 Å². The Labute approximate surface area is 189 Å². The summed E-state index contributed by atoms with van der Waals surface area (Å²) < 4.78 is 15.2. The van der Waals surface area contributed by atoms with Crippen molar-refractivity contribution in [3.05, 3.63) is 82.9 Å². The van der Waals surface area contributed by atoms with Gasteiger partial charge < -0.3 is 9.26 Å². The lowest BCUT2D eigenvalue weighted by Gasteiger charge is -2.10. The molecule has 0 unspecified atom stereocenters. The average molecular weight is 439 g/mol. The fourth-order valence-corrected chi connectivity index (χ4v) is 4.10. The normalized spacial score (nSPS) is 12.1. The van der Waals surface area contributed by atoms with Crippen molar-refractivity contribution in [1.29, 1.82) is 0 Å². The number of aryl methyl sites for hydroxylation is 3. The molecule has 5 aromatic rings. The van der Waals surface area contributed by atoms with Crippen LogP contribution >= 0.6 is 0 Å². The summed E-state index contributed by atoms with van der Waals surface area (Å²) in [4.78, 5) is 9.02. The molecule has 4 heterocycles. The average Bonchev–Trinajstić information content (AvgIpc) is 3.51. The fourth-order valence-electron chi connectivity index (χ4n) is 4.10. The molecule has 0 saturated heterocycles. The molecular formula is C24H21N7O2. The van der Waals surface area contributed by atoms with Crippen molar-refractivity contribution in [1.82, 2.24) is 34.7 Å². The molecule has 0 amide bonds. The first-order valence-electron chi connectivity index (χ1n) is 10.7. The van der Waals surface area contributed by atoms with E-state index in [4.69, 9.17) is 9.26 Å². The molecule has 0 radical (unpaired) electrons. The number of ether oxygens (including phenoxy) is 1. The van der Waals surface area contributed by atoms with Gasteiger partial charge in [0.1, 0.15) is 30.1 Å². The minimum atomic E-state index is 0.310. The summed E-state index contributed by atoms with van der Waals surface area (Å²) in [5.74, 6) is 1.75. The molecule has 6 rings (SSSR count). The first-order valence-corrected chi connectivity index (χ1v) is 10.7. The molecule has 2 aromatic carbocycles. The SMILES string of the molecule is Cc1ccc(OCc2nnn3c2Cc2c(-c4noc(C)n4)ncn2-c2ccc(C)cc2-3)cc1. The minimum absolute atomic E-state index is 0.310. The number of nitrogens with zero attached hydrogens (tertiary/aromatic N) is 7. The highest BCUT2D eigenvalue weighted by Crippen LogP contribution is 2.33. The summed E-state index contributed by atoms with van der Waals surface area (Å²) in [5, 5.41) is 13.1. The highest BCUT2D eigenvalue weighted by molar-refractivity contribution is 5.62. The molecule has 9 heteroatoms. The molecule has 3 aromatic heterocycles. The maximum absolute atomic E-state index is 6.03. The van der Waals surface area contributed by atoms with Gasteiger partial charge in [0.15, 0.2) is 0 Å². The van der Waals surface area contributed by atoms with Crippen LogP contribution in [-0.2, 0) is 13.0 Å². The zero-order chi connectivity index (χ0) is 22.5. The van der Waals surface area contributed by atoms with Crippen molar-refractivity contribution < 1.29 is 9.26 Å². The highest BCUT2D eigenvalue weighted by atomic mass is 16.5. The smallest absolute Gasteiger partial charge is 0.223 e. The topological polar surface area (TPSA) is 96.7 Å². The first-order chi connectivity index (χ1) is 16.1. The summed E-state index contributed by atoms with van der Waals surface area (Å²) in [5.41, 5.74) is 7.55. The van der Waals surface area contributed by atoms with Crippen molar-refractivity contribution in [2.45, 2.75) is 33.8 Å². The van der Waals surface area contributed by atoms with E-state index < -0.39 is 0 Å². The fraction of sp³-hybridized carbons (Fsp3) is 0.208. The van der Waals surface area contributed by atoms with Gasteiger partial charge in [0, 0.05) is 13.3 Å². The van der Waals surface area contributed by atoms with E-state index in [0.717, 1.165) is 39.8 Å². The van der Waals surface area contributed by atoms with Gasteiger partial charge in [-0.05, 0) is 43.7 Å². The molecular weight excluding hydrogens is 418 g/mol. The van der Waals surface area contributed by atoms with Crippen LogP contribution in [0.25, 0.3) is 22.9 Å². The number of benzene rings is 2. The summed E-state index contributed by atoms with van der Waals surface area (Å²) in [6.45, 7) is 6.19. The van der Waals surface area contributed by atoms with Crippen molar-refractivity contribution in [3.63, 3.8) is 0 Å². The number of rotatable bonds is 4. The Hall–Kier alpha value is -4.27. The maximum Gasteiger partial charge on any atom is 0.223 e. The van der Waals surface area contributed by atoms with E-state index in [-0.39, 0.29) is 0 Å². The Kier molecular flexibility index (Phi) is 4.36. The Morgan fingerprint density at radius 2 is 1.79 bits per heavy atom. The van der Waals surface area contributed by atoms with Gasteiger partial charge in [-0.2, -0.15) is 4.98 Å². The number of hydrogen-bond acceptors (Lipinski definition) is 7. The molecule has 0 spiro atoms. The van der Waals surface area contributed by atoms with E-state index in [1.54, 1.807) is 13.3 Å². The molecule has 9 nitrogen and oxygen atoms in total. The van der Waals surface area contributed by atoms with Crippen molar-refractivity contribution in [2.24, 2.45) is 0 Å². The van der Waals surface area contributed by atoms with Crippen molar-refractivity contribution >= 4 is 0 Å². The Morgan fingerprint density at radius 1 is 0.970 bits per heavy atom. The number of fused-ring (bicyclic) bond motifs is 5. The Bertz CT molecular complexity index is 1480. The van der Waals surface area contributed by atoms with Crippen LogP contribution in [0.2, 0.25) is 0 Å². The molecule has 0 N–H and O–H groups in total. The van der Waals surface area contributed by atoms with E-state index in [0.29, 0.717) is 30.4 Å². The van der Waals surface area contributed by atoms with Gasteiger partial charge in [0.2, 0.25) is 11.7 Å². The van der Waals surface area contributed by atoms with Gasteiger partial charge in [-0.15, -0.1) is 5.10 Å². The van der Waals surface area contributed by atoms with E-state index in [1.807, 2.05) is 35.9 Å². The second-order valence-corrected chi connectivity index (χ2v) is 8.21. The molecule has 0 fully saturated rings. The largest absolute Gasteiger partial charge is 0.487 e. The van der Waals surface area contributed by atoms with Crippen LogP contribution in [-0.4, -0.2) is 34.7 Å². The third-order valence-corrected chi connectivity index (χ3v) is 5.80. The first kappa shape index (κ1) is 19.4. The van der Waals surface area contributed by atoms with Crippen LogP contribution in [0.3, 0.4) is 0 Å². The third kappa shape index (κ3) is 3.29. The molecule has 1 aliphatic heterocycles. The quantitative estimate of drug-likeness (QED) is 0.411. The number of hydrogen-bond donors (Lipinski definition) is 0. The van der Waals surface area contributed by atoms with Crippen LogP contribution in [0.1, 0.15) is 34.1 Å². The van der Waals surface area contributed by atoms with Crippen LogP contribution < -0.4 is 4.74 Å². The lowest BCUT2D eigenvalue weighted by Crippen LogP contribution is -2.06. The molecule has 0 atom stereocenters. The Morgan fingerprint density at radius 3 is 2.58 bits per heavy atom. The highest BCUT2D eigenvalue weighted by Gasteiger charge is 2.28.